The van der Waals surface area contributed by atoms with Crippen LogP contribution in [0.3, 0.4) is 0 Å². The number of hydrogen-bond acceptors (Lipinski definition) is 11. The lowest BCUT2D eigenvalue weighted by Crippen LogP contribution is -2.71. The lowest BCUT2D eigenvalue weighted by Gasteiger charge is -2.44. The number of benzene rings is 2. The van der Waals surface area contributed by atoms with E-state index in [9.17, 15) is 28.3 Å². The highest BCUT2D eigenvalue weighted by Crippen LogP contribution is 2.51. The van der Waals surface area contributed by atoms with Crippen molar-refractivity contribution in [2.75, 3.05) is 18.4 Å². The fourth-order valence-corrected chi connectivity index (χ4v) is 6.73. The molecule has 2 saturated heterocycles. The molecule has 2 aliphatic rings. The van der Waals surface area contributed by atoms with E-state index >= 15 is 0 Å². The molecule has 0 bridgehead atoms. The first-order valence-corrected chi connectivity index (χ1v) is 14.1. The van der Waals surface area contributed by atoms with Crippen molar-refractivity contribution in [3.63, 3.8) is 0 Å². The summed E-state index contributed by atoms with van der Waals surface area (Å²) in [5.74, 6) is -1.38. The SMILES string of the molecule is COc1ccc(NS(=O)[O-])cc1C(CN)OC(=O)[C@@H]1N2C(=O)[C@@H](NC(=O)C(N)c3ccc(O)cc3)[C@H]2SC1(C)C. The molecule has 2 aromatic rings. The molecular formula is C25H30N5O8S2-. The molecule has 216 valence electrons. The van der Waals surface area contributed by atoms with Crippen molar-refractivity contribution in [2.45, 2.75) is 48.2 Å². The van der Waals surface area contributed by atoms with Crippen LogP contribution in [0, 0.1) is 0 Å². The molecule has 15 heteroatoms. The minimum atomic E-state index is -2.57. The molecule has 0 aromatic heterocycles. The van der Waals surface area contributed by atoms with E-state index in [4.69, 9.17) is 20.9 Å². The number of amides is 2. The summed E-state index contributed by atoms with van der Waals surface area (Å²) < 4.78 is 34.7. The van der Waals surface area contributed by atoms with Crippen molar-refractivity contribution in [3.05, 3.63) is 53.6 Å². The Balaban J connectivity index is 1.48. The number of phenolic OH excluding ortho intramolecular Hbond substituents is 1. The van der Waals surface area contributed by atoms with Crippen LogP contribution >= 0.6 is 11.8 Å². The van der Waals surface area contributed by atoms with Gasteiger partial charge in [-0.2, -0.15) is 0 Å². The highest BCUT2D eigenvalue weighted by Gasteiger charge is 2.64. The summed E-state index contributed by atoms with van der Waals surface area (Å²) in [6.07, 6.45) is -1.00. The number of aromatic hydroxyl groups is 1. The van der Waals surface area contributed by atoms with Gasteiger partial charge in [-0.15, -0.1) is 11.8 Å². The van der Waals surface area contributed by atoms with Crippen LogP contribution in [0.25, 0.3) is 0 Å². The van der Waals surface area contributed by atoms with Crippen LogP contribution in [-0.2, 0) is 30.4 Å². The first-order valence-electron chi connectivity index (χ1n) is 12.2. The molecule has 4 rings (SSSR count). The van der Waals surface area contributed by atoms with Gasteiger partial charge in [-0.25, -0.2) is 4.79 Å². The maximum atomic E-state index is 13.5. The van der Waals surface area contributed by atoms with Gasteiger partial charge in [0.05, 0.1) is 7.11 Å². The standard InChI is InChI=1S/C25H31N5O8S2/c1-25(2)20(24(34)38-17(11-26)15-10-13(29-40(35)36)6-9-16(15)37-3)30-22(33)19(23(30)39-25)28-21(32)18(27)12-4-7-14(31)8-5-12/h4-10,17-20,23,29,31H,11,26-27H2,1-3H3,(H,28,32)(H,35,36)/p-1/t17?,18?,19-,20+,23-/m1/s1. The van der Waals surface area contributed by atoms with Crippen molar-refractivity contribution in [1.29, 1.82) is 0 Å². The molecule has 0 aliphatic carbocycles. The van der Waals surface area contributed by atoms with Gasteiger partial charge in [-0.3, -0.25) is 13.8 Å². The van der Waals surface area contributed by atoms with E-state index in [0.717, 1.165) is 0 Å². The van der Waals surface area contributed by atoms with Crippen molar-refractivity contribution in [2.24, 2.45) is 11.5 Å². The number of nitrogens with two attached hydrogens (primary N) is 2. The summed E-state index contributed by atoms with van der Waals surface area (Å²) in [6, 6.07) is 7.37. The molecule has 2 aromatic carbocycles. The topological polar surface area (TPSA) is 209 Å². The first kappa shape index (κ1) is 29.6. The fraction of sp³-hybridized carbons (Fsp3) is 0.400. The van der Waals surface area contributed by atoms with Gasteiger partial charge in [-0.1, -0.05) is 12.1 Å². The summed E-state index contributed by atoms with van der Waals surface area (Å²) in [6.45, 7) is 3.45. The van der Waals surface area contributed by atoms with Gasteiger partial charge in [0.15, 0.2) is 0 Å². The van der Waals surface area contributed by atoms with E-state index in [0.29, 0.717) is 16.9 Å². The van der Waals surface area contributed by atoms with Crippen LogP contribution < -0.4 is 26.2 Å². The average molecular weight is 593 g/mol. The smallest absolute Gasteiger partial charge is 0.331 e. The predicted molar refractivity (Wildman–Crippen MR) is 146 cm³/mol. The van der Waals surface area contributed by atoms with E-state index in [1.165, 1.54) is 66.2 Å². The molecule has 0 spiro atoms. The second-order valence-electron chi connectivity index (χ2n) is 9.77. The van der Waals surface area contributed by atoms with Crippen LogP contribution in [0.5, 0.6) is 11.5 Å². The quantitative estimate of drug-likeness (QED) is 0.145. The molecular weight excluding hydrogens is 562 g/mol. The Morgan fingerprint density at radius 1 is 1.25 bits per heavy atom. The van der Waals surface area contributed by atoms with Crippen LogP contribution in [0.1, 0.15) is 37.1 Å². The Labute approximate surface area is 237 Å². The van der Waals surface area contributed by atoms with Gasteiger partial charge in [0.1, 0.15) is 41.1 Å². The number of ether oxygens (including phenoxy) is 2. The average Bonchev–Trinajstić information content (AvgIpc) is 3.17. The van der Waals surface area contributed by atoms with Gasteiger partial charge in [0.25, 0.3) is 0 Å². The number of thioether (sulfide) groups is 1. The van der Waals surface area contributed by atoms with Crippen LogP contribution in [0.4, 0.5) is 5.69 Å². The largest absolute Gasteiger partial charge is 0.755 e. The summed E-state index contributed by atoms with van der Waals surface area (Å²) >= 11 is -1.23. The summed E-state index contributed by atoms with van der Waals surface area (Å²) in [5.41, 5.74) is 13.0. The number of nitrogens with one attached hydrogen (secondary N) is 2. The van der Waals surface area contributed by atoms with Gasteiger partial charge in [0.2, 0.25) is 11.8 Å². The number of anilines is 1. The molecule has 0 saturated carbocycles. The fourth-order valence-electron chi connectivity index (χ4n) is 4.79. The number of carbonyl (C=O) groups is 3. The number of rotatable bonds is 10. The van der Waals surface area contributed by atoms with Crippen LogP contribution in [-0.4, -0.2) is 72.4 Å². The molecule has 0 radical (unpaired) electrons. The second kappa shape index (κ2) is 11.6. The molecule has 3 unspecified atom stereocenters. The Morgan fingerprint density at radius 3 is 2.52 bits per heavy atom. The number of esters is 1. The van der Waals surface area contributed by atoms with E-state index in [1.807, 2.05) is 0 Å². The third-order valence-electron chi connectivity index (χ3n) is 6.75. The Morgan fingerprint density at radius 2 is 1.93 bits per heavy atom. The zero-order chi connectivity index (χ0) is 29.4. The predicted octanol–water partition coefficient (Wildman–Crippen LogP) is 0.397. The number of hydrogen-bond donors (Lipinski definition) is 5. The van der Waals surface area contributed by atoms with E-state index in [1.54, 1.807) is 13.8 Å². The third kappa shape index (κ3) is 5.74. The Bertz CT molecular complexity index is 1320. The molecule has 2 aliphatic heterocycles. The normalized spacial score (nSPS) is 23.3. The van der Waals surface area contributed by atoms with Crippen molar-refractivity contribution >= 4 is 46.5 Å². The monoisotopic (exact) mass is 592 g/mol. The minimum absolute atomic E-state index is 0.0299. The van der Waals surface area contributed by atoms with Gasteiger partial charge < -0.3 is 45.5 Å². The number of β-lactam (4-membered cyclic amide) rings is 1. The highest BCUT2D eigenvalue weighted by molar-refractivity contribution is 8.01. The van der Waals surface area contributed by atoms with E-state index in [2.05, 4.69) is 10.0 Å². The molecule has 13 nitrogen and oxygen atoms in total. The maximum absolute atomic E-state index is 13.5. The van der Waals surface area contributed by atoms with E-state index in [-0.39, 0.29) is 18.0 Å². The summed E-state index contributed by atoms with van der Waals surface area (Å²) in [4.78, 5) is 40.8. The molecule has 6 atom stereocenters. The third-order valence-corrected chi connectivity index (χ3v) is 8.72. The van der Waals surface area contributed by atoms with Crippen LogP contribution in [0.15, 0.2) is 42.5 Å². The summed E-state index contributed by atoms with van der Waals surface area (Å²) in [7, 11) is 1.41. The van der Waals surface area contributed by atoms with Gasteiger partial charge in [-0.05, 0) is 49.7 Å². The molecule has 2 amide bonds. The molecule has 40 heavy (non-hydrogen) atoms. The molecule has 2 heterocycles. The number of methoxy groups -OCH3 is 1. The highest BCUT2D eigenvalue weighted by atomic mass is 32.2. The van der Waals surface area contributed by atoms with Crippen molar-refractivity contribution in [1.82, 2.24) is 10.2 Å². The van der Waals surface area contributed by atoms with Crippen LogP contribution in [0.2, 0.25) is 0 Å². The zero-order valence-corrected chi connectivity index (χ0v) is 23.5. The first-order chi connectivity index (χ1) is 18.9. The number of carbonyl (C=O) groups excluding carboxylic acids is 3. The lowest BCUT2D eigenvalue weighted by atomic mass is 9.95. The minimum Gasteiger partial charge on any atom is -0.755 e. The zero-order valence-electron chi connectivity index (χ0n) is 21.9. The number of nitrogens with zero attached hydrogens (tertiary/aromatic N) is 1. The van der Waals surface area contributed by atoms with Crippen molar-refractivity contribution in [3.8, 4) is 11.5 Å². The summed E-state index contributed by atoms with van der Waals surface area (Å²) in [5, 5.41) is 11.6. The maximum Gasteiger partial charge on any atom is 0.331 e. The number of phenols is 1. The second-order valence-corrected chi connectivity index (χ2v) is 12.2. The van der Waals surface area contributed by atoms with Crippen molar-refractivity contribution < 1.29 is 37.7 Å². The van der Waals surface area contributed by atoms with E-state index < -0.39 is 63.4 Å². The van der Waals surface area contributed by atoms with Gasteiger partial charge in [0, 0.05) is 33.8 Å². The molecule has 7 N–H and O–H groups in total. The Hall–Kier alpha value is -3.37. The lowest BCUT2D eigenvalue weighted by molar-refractivity contribution is -0.167. The molecule has 2 fully saturated rings. The number of fused-ring (bicyclic) bond motifs is 1. The van der Waals surface area contributed by atoms with Gasteiger partial charge >= 0.3 is 5.97 Å². The Kier molecular flexibility index (Phi) is 8.60.